The van der Waals surface area contributed by atoms with Crippen LogP contribution in [0, 0.1) is 3.57 Å². The second-order valence-corrected chi connectivity index (χ2v) is 6.00. The third kappa shape index (κ3) is 3.25. The molecule has 2 N–H and O–H groups in total. The van der Waals surface area contributed by atoms with Gasteiger partial charge >= 0.3 is 0 Å². The molecule has 5 nitrogen and oxygen atoms in total. The number of rotatable bonds is 4. The molecule has 0 aliphatic carbocycles. The highest BCUT2D eigenvalue weighted by Crippen LogP contribution is 2.28. The van der Waals surface area contributed by atoms with Crippen LogP contribution in [0.2, 0.25) is 5.02 Å². The van der Waals surface area contributed by atoms with E-state index in [0.29, 0.717) is 23.3 Å². The van der Waals surface area contributed by atoms with E-state index >= 15 is 0 Å². The third-order valence-corrected chi connectivity index (χ3v) is 3.72. The largest absolute Gasteiger partial charge is 0.382 e. The van der Waals surface area contributed by atoms with Crippen molar-refractivity contribution in [2.45, 2.75) is 12.5 Å². The third-order valence-electron chi connectivity index (χ3n) is 2.54. The Kier molecular flexibility index (Phi) is 4.44. The van der Waals surface area contributed by atoms with Crippen LogP contribution in [0.3, 0.4) is 0 Å². The molecular formula is C12H13ClIN3O2. The van der Waals surface area contributed by atoms with Gasteiger partial charge in [0.1, 0.15) is 5.54 Å². The Hall–Kier alpha value is -0.700. The van der Waals surface area contributed by atoms with Crippen LogP contribution in [0.25, 0.3) is 11.5 Å². The van der Waals surface area contributed by atoms with Crippen LogP contribution in [0.1, 0.15) is 12.7 Å². The van der Waals surface area contributed by atoms with Gasteiger partial charge in [0.05, 0.1) is 12.2 Å². The summed E-state index contributed by atoms with van der Waals surface area (Å²) < 4.78 is 11.3. The number of hydrogen-bond donors (Lipinski definition) is 1. The molecule has 0 spiro atoms. The minimum absolute atomic E-state index is 0.304. The van der Waals surface area contributed by atoms with E-state index < -0.39 is 5.54 Å². The molecule has 1 atom stereocenters. The quantitative estimate of drug-likeness (QED) is 0.809. The van der Waals surface area contributed by atoms with Crippen molar-refractivity contribution in [1.82, 2.24) is 10.1 Å². The predicted molar refractivity (Wildman–Crippen MR) is 80.9 cm³/mol. The number of benzene rings is 1. The molecule has 0 fully saturated rings. The maximum atomic E-state index is 6.07. The van der Waals surface area contributed by atoms with Crippen LogP contribution in [0.15, 0.2) is 22.7 Å². The molecule has 2 aromatic rings. The average molecular weight is 394 g/mol. The lowest BCUT2D eigenvalue weighted by atomic mass is 10.1. The first-order valence-corrected chi connectivity index (χ1v) is 6.97. The summed E-state index contributed by atoms with van der Waals surface area (Å²) in [5.41, 5.74) is 6.07. The molecule has 1 aromatic carbocycles. The molecule has 0 aliphatic rings. The van der Waals surface area contributed by atoms with E-state index in [1.54, 1.807) is 20.1 Å². The monoisotopic (exact) mass is 393 g/mol. The van der Waals surface area contributed by atoms with E-state index in [2.05, 4.69) is 32.7 Å². The Morgan fingerprint density at radius 3 is 2.95 bits per heavy atom. The highest BCUT2D eigenvalue weighted by Gasteiger charge is 2.28. The number of nitrogens with zero attached hydrogens (tertiary/aromatic N) is 2. The van der Waals surface area contributed by atoms with Gasteiger partial charge in [-0.1, -0.05) is 16.8 Å². The van der Waals surface area contributed by atoms with Gasteiger partial charge in [0.2, 0.25) is 0 Å². The summed E-state index contributed by atoms with van der Waals surface area (Å²) in [5.74, 6) is 0.801. The Morgan fingerprint density at radius 2 is 2.26 bits per heavy atom. The smallest absolute Gasteiger partial charge is 0.259 e. The van der Waals surface area contributed by atoms with E-state index in [1.165, 1.54) is 0 Å². The van der Waals surface area contributed by atoms with Crippen molar-refractivity contribution in [1.29, 1.82) is 0 Å². The summed E-state index contributed by atoms with van der Waals surface area (Å²) in [7, 11) is 1.58. The van der Waals surface area contributed by atoms with E-state index in [9.17, 15) is 0 Å². The van der Waals surface area contributed by atoms with Gasteiger partial charge in [-0.15, -0.1) is 0 Å². The summed E-state index contributed by atoms with van der Waals surface area (Å²) in [6, 6.07) is 5.48. The van der Waals surface area contributed by atoms with Crippen molar-refractivity contribution in [2.24, 2.45) is 5.73 Å². The van der Waals surface area contributed by atoms with E-state index in [4.69, 9.17) is 26.6 Å². The average Bonchev–Trinajstić information content (AvgIpc) is 2.82. The number of halogens is 2. The molecule has 0 bridgehead atoms. The number of hydrogen-bond acceptors (Lipinski definition) is 5. The van der Waals surface area contributed by atoms with Gasteiger partial charge in [0.25, 0.3) is 5.89 Å². The first-order chi connectivity index (χ1) is 8.94. The summed E-state index contributed by atoms with van der Waals surface area (Å²) in [5, 5.41) is 4.53. The highest BCUT2D eigenvalue weighted by atomic mass is 127. The normalized spacial score (nSPS) is 14.4. The molecule has 0 amide bonds. The molecule has 1 heterocycles. The summed E-state index contributed by atoms with van der Waals surface area (Å²) in [4.78, 5) is 4.33. The maximum Gasteiger partial charge on any atom is 0.259 e. The fourth-order valence-electron chi connectivity index (χ4n) is 1.59. The standard InChI is InChI=1S/C12H13ClIN3O2/c1-12(15,6-18-2)11-16-10(19-17-11)8-5-7(13)3-4-9(8)14/h3-5H,6,15H2,1-2H3. The fourth-order valence-corrected chi connectivity index (χ4v) is 2.33. The van der Waals surface area contributed by atoms with Crippen LogP contribution >= 0.6 is 34.2 Å². The van der Waals surface area contributed by atoms with Gasteiger partial charge in [-0.3, -0.25) is 0 Å². The van der Waals surface area contributed by atoms with E-state index in [-0.39, 0.29) is 0 Å². The zero-order valence-electron chi connectivity index (χ0n) is 10.5. The molecule has 0 saturated carbocycles. The van der Waals surface area contributed by atoms with E-state index in [0.717, 1.165) is 9.13 Å². The van der Waals surface area contributed by atoms with Gasteiger partial charge in [0.15, 0.2) is 5.82 Å². The molecule has 0 saturated heterocycles. The lowest BCUT2D eigenvalue weighted by Gasteiger charge is -2.18. The Balaban J connectivity index is 2.38. The van der Waals surface area contributed by atoms with Gasteiger partial charge < -0.3 is 15.0 Å². The molecule has 1 aromatic heterocycles. The second-order valence-electron chi connectivity index (χ2n) is 4.40. The minimum Gasteiger partial charge on any atom is -0.382 e. The van der Waals surface area contributed by atoms with Crippen molar-refractivity contribution in [3.63, 3.8) is 0 Å². The number of aromatic nitrogens is 2. The molecule has 19 heavy (non-hydrogen) atoms. The maximum absolute atomic E-state index is 6.07. The first kappa shape index (κ1) is 14.7. The van der Waals surface area contributed by atoms with Gasteiger partial charge in [-0.2, -0.15) is 4.98 Å². The molecule has 2 rings (SSSR count). The first-order valence-electron chi connectivity index (χ1n) is 5.51. The molecule has 7 heteroatoms. The zero-order chi connectivity index (χ0) is 14.0. The topological polar surface area (TPSA) is 74.2 Å². The molecule has 1 unspecified atom stereocenters. The van der Waals surface area contributed by atoms with Crippen LogP contribution < -0.4 is 5.73 Å². The predicted octanol–water partition coefficient (Wildman–Crippen LogP) is 2.81. The lowest BCUT2D eigenvalue weighted by Crippen LogP contribution is -2.38. The van der Waals surface area contributed by atoms with Crippen LogP contribution in [-0.4, -0.2) is 23.9 Å². The molecule has 102 valence electrons. The summed E-state index contributed by atoms with van der Waals surface area (Å²) in [6.07, 6.45) is 0. The van der Waals surface area contributed by atoms with E-state index in [1.807, 2.05) is 12.1 Å². The summed E-state index contributed by atoms with van der Waals surface area (Å²) >= 11 is 8.16. The Bertz CT molecular complexity index is 586. The van der Waals surface area contributed by atoms with Gasteiger partial charge in [-0.05, 0) is 47.7 Å². The number of nitrogens with two attached hydrogens (primary N) is 1. The van der Waals surface area contributed by atoms with Crippen molar-refractivity contribution >= 4 is 34.2 Å². The number of ether oxygens (including phenoxy) is 1. The Morgan fingerprint density at radius 1 is 1.53 bits per heavy atom. The van der Waals surface area contributed by atoms with Crippen LogP contribution in [0.5, 0.6) is 0 Å². The number of methoxy groups -OCH3 is 1. The van der Waals surface area contributed by atoms with Crippen LogP contribution in [-0.2, 0) is 10.3 Å². The van der Waals surface area contributed by atoms with Crippen molar-refractivity contribution in [3.8, 4) is 11.5 Å². The van der Waals surface area contributed by atoms with Crippen molar-refractivity contribution < 1.29 is 9.26 Å². The van der Waals surface area contributed by atoms with Crippen LogP contribution in [0.4, 0.5) is 0 Å². The second kappa shape index (κ2) is 5.74. The SMILES string of the molecule is COCC(C)(N)c1noc(-c2cc(Cl)ccc2I)n1. The molecule has 0 aliphatic heterocycles. The zero-order valence-corrected chi connectivity index (χ0v) is 13.4. The fraction of sp³-hybridized carbons (Fsp3) is 0.333. The van der Waals surface area contributed by atoms with Crippen molar-refractivity contribution in [3.05, 3.63) is 32.6 Å². The minimum atomic E-state index is -0.791. The van der Waals surface area contributed by atoms with Crippen molar-refractivity contribution in [2.75, 3.05) is 13.7 Å². The molecule has 0 radical (unpaired) electrons. The Labute approximate surface area is 129 Å². The summed E-state index contributed by atoms with van der Waals surface area (Å²) in [6.45, 7) is 2.09. The van der Waals surface area contributed by atoms with Gasteiger partial charge in [0, 0.05) is 15.7 Å². The van der Waals surface area contributed by atoms with Gasteiger partial charge in [-0.25, -0.2) is 0 Å². The lowest BCUT2D eigenvalue weighted by molar-refractivity contribution is 0.135. The molecular weight excluding hydrogens is 381 g/mol. The highest BCUT2D eigenvalue weighted by molar-refractivity contribution is 14.1.